The number of fused-ring (bicyclic) bond motifs is 1. The third-order valence-corrected chi connectivity index (χ3v) is 7.66. The quantitative estimate of drug-likeness (QED) is 0.407. The van der Waals surface area contributed by atoms with Gasteiger partial charge in [0.05, 0.1) is 0 Å². The van der Waals surface area contributed by atoms with Crippen molar-refractivity contribution in [3.05, 3.63) is 54.2 Å². The number of aromatic amines is 1. The molecule has 2 aliphatic rings. The summed E-state index contributed by atoms with van der Waals surface area (Å²) in [5.74, 6) is -0.403. The third kappa shape index (κ3) is 6.88. The molecule has 1 amide bonds. The first kappa shape index (κ1) is 26.6. The van der Waals surface area contributed by atoms with Crippen molar-refractivity contribution in [3.63, 3.8) is 0 Å². The van der Waals surface area contributed by atoms with Gasteiger partial charge in [-0.15, -0.1) is 13.2 Å². The number of piperidine rings is 1. The number of nitrogens with zero attached hydrogens (tertiary/aromatic N) is 2. The van der Waals surface area contributed by atoms with Crippen LogP contribution < -0.4 is 10.1 Å². The monoisotopic (exact) mass is 528 g/mol. The Kier molecular flexibility index (Phi) is 8.24. The third-order valence-electron chi connectivity index (χ3n) is 7.66. The number of hydrogen-bond acceptors (Lipinski definition) is 4. The lowest BCUT2D eigenvalue weighted by Gasteiger charge is -2.33. The number of aromatic nitrogens is 1. The normalized spacial score (nSPS) is 18.4. The highest BCUT2D eigenvalue weighted by Gasteiger charge is 2.31. The minimum atomic E-state index is -4.73. The van der Waals surface area contributed by atoms with Crippen molar-refractivity contribution in [2.45, 2.75) is 50.9 Å². The van der Waals surface area contributed by atoms with Crippen molar-refractivity contribution in [2.75, 3.05) is 39.3 Å². The number of carbonyl (C=O) groups is 1. The number of rotatable bonds is 7. The fourth-order valence-corrected chi connectivity index (χ4v) is 5.57. The Hall–Kier alpha value is -3.04. The number of carbonyl (C=O) groups excluding carboxylic acids is 1. The van der Waals surface area contributed by atoms with Crippen molar-refractivity contribution in [1.82, 2.24) is 20.1 Å². The van der Waals surface area contributed by atoms with Crippen LogP contribution in [0.4, 0.5) is 13.2 Å². The molecular formula is C29H35F3N4O2. The molecular weight excluding hydrogens is 493 g/mol. The van der Waals surface area contributed by atoms with Crippen molar-refractivity contribution >= 4 is 16.8 Å². The Bertz CT molecular complexity index is 1210. The van der Waals surface area contributed by atoms with E-state index in [1.807, 2.05) is 24.3 Å². The number of hydrogen-bond donors (Lipinski definition) is 2. The number of alkyl halides is 3. The van der Waals surface area contributed by atoms with Crippen LogP contribution in [0.1, 0.15) is 49.0 Å². The minimum Gasteiger partial charge on any atom is -0.406 e. The Morgan fingerprint density at radius 3 is 2.24 bits per heavy atom. The number of nitrogens with one attached hydrogen (secondary N) is 2. The summed E-state index contributed by atoms with van der Waals surface area (Å²) < 4.78 is 41.4. The Labute approximate surface area is 221 Å². The van der Waals surface area contributed by atoms with Crippen molar-refractivity contribution in [1.29, 1.82) is 0 Å². The van der Waals surface area contributed by atoms with Crippen LogP contribution in [0.5, 0.6) is 5.75 Å². The molecule has 3 aromatic rings. The van der Waals surface area contributed by atoms with E-state index in [0.29, 0.717) is 5.69 Å². The lowest BCUT2D eigenvalue weighted by atomic mass is 10.0. The van der Waals surface area contributed by atoms with Crippen LogP contribution in [0.25, 0.3) is 22.0 Å². The summed E-state index contributed by atoms with van der Waals surface area (Å²) >= 11 is 0. The molecule has 0 unspecified atom stereocenters. The van der Waals surface area contributed by atoms with Crippen LogP contribution in [0.3, 0.4) is 0 Å². The maximum atomic E-state index is 13.1. The van der Waals surface area contributed by atoms with E-state index < -0.39 is 6.36 Å². The average Bonchev–Trinajstić information content (AvgIpc) is 3.17. The van der Waals surface area contributed by atoms with Crippen molar-refractivity contribution < 1.29 is 22.7 Å². The second kappa shape index (κ2) is 11.8. The summed E-state index contributed by atoms with van der Waals surface area (Å²) in [6.45, 7) is 6.64. The highest BCUT2D eigenvalue weighted by atomic mass is 19.4. The zero-order chi connectivity index (χ0) is 26.5. The van der Waals surface area contributed by atoms with E-state index in [9.17, 15) is 18.0 Å². The summed E-state index contributed by atoms with van der Waals surface area (Å²) in [6.07, 6.45) is 2.47. The van der Waals surface area contributed by atoms with Gasteiger partial charge < -0.3 is 24.8 Å². The van der Waals surface area contributed by atoms with Crippen LogP contribution in [-0.4, -0.2) is 72.4 Å². The van der Waals surface area contributed by atoms with E-state index in [-0.39, 0.29) is 17.7 Å². The predicted octanol–water partition coefficient (Wildman–Crippen LogP) is 5.80. The van der Waals surface area contributed by atoms with Crippen LogP contribution >= 0.6 is 0 Å². The van der Waals surface area contributed by atoms with Crippen LogP contribution in [0.15, 0.2) is 48.5 Å². The maximum Gasteiger partial charge on any atom is 0.573 e. The smallest absolute Gasteiger partial charge is 0.406 e. The lowest BCUT2D eigenvalue weighted by molar-refractivity contribution is -0.274. The number of halogens is 3. The van der Waals surface area contributed by atoms with Gasteiger partial charge in [0.15, 0.2) is 0 Å². The Balaban J connectivity index is 1.17. The molecule has 2 aliphatic heterocycles. The van der Waals surface area contributed by atoms with Gasteiger partial charge in [0.25, 0.3) is 5.91 Å². The van der Waals surface area contributed by atoms with E-state index >= 15 is 0 Å². The van der Waals surface area contributed by atoms with Crippen molar-refractivity contribution in [3.8, 4) is 16.9 Å². The number of likely N-dealkylation sites (tertiary alicyclic amines) is 2. The molecule has 204 valence electrons. The van der Waals surface area contributed by atoms with Gasteiger partial charge in [0, 0.05) is 43.1 Å². The minimum absolute atomic E-state index is 0.135. The lowest BCUT2D eigenvalue weighted by Crippen LogP contribution is -2.46. The van der Waals surface area contributed by atoms with Gasteiger partial charge in [-0.05, 0) is 74.2 Å². The van der Waals surface area contributed by atoms with E-state index in [0.717, 1.165) is 61.1 Å². The second-order valence-corrected chi connectivity index (χ2v) is 10.4. The Morgan fingerprint density at radius 1 is 0.921 bits per heavy atom. The number of ether oxygens (including phenoxy) is 1. The van der Waals surface area contributed by atoms with Crippen molar-refractivity contribution in [2.24, 2.45) is 0 Å². The van der Waals surface area contributed by atoms with Gasteiger partial charge in [0.2, 0.25) is 0 Å². The Morgan fingerprint density at radius 2 is 1.58 bits per heavy atom. The molecule has 3 heterocycles. The predicted molar refractivity (Wildman–Crippen MR) is 142 cm³/mol. The van der Waals surface area contributed by atoms with Crippen LogP contribution in [-0.2, 0) is 0 Å². The van der Waals surface area contributed by atoms with E-state index in [1.54, 1.807) is 12.1 Å². The first-order valence-corrected chi connectivity index (χ1v) is 13.6. The van der Waals surface area contributed by atoms with Gasteiger partial charge in [-0.3, -0.25) is 4.79 Å². The topological polar surface area (TPSA) is 60.6 Å². The van der Waals surface area contributed by atoms with Gasteiger partial charge in [-0.1, -0.05) is 37.1 Å². The highest BCUT2D eigenvalue weighted by molar-refractivity contribution is 6.03. The van der Waals surface area contributed by atoms with Gasteiger partial charge in [0.1, 0.15) is 11.4 Å². The summed E-state index contributed by atoms with van der Waals surface area (Å²) in [5.41, 5.74) is 2.84. The average molecular weight is 529 g/mol. The molecule has 5 rings (SSSR count). The highest BCUT2D eigenvalue weighted by Crippen LogP contribution is 2.32. The molecule has 6 nitrogen and oxygen atoms in total. The molecule has 0 aliphatic carbocycles. The fourth-order valence-electron chi connectivity index (χ4n) is 5.57. The molecule has 2 fully saturated rings. The van der Waals surface area contributed by atoms with Gasteiger partial charge >= 0.3 is 6.36 Å². The summed E-state index contributed by atoms with van der Waals surface area (Å²) in [6, 6.07) is 13.4. The SMILES string of the molecule is O=C(NC1CCN(CCN2CCCCCC2)CC1)c1cc2c(-c3ccc(OC(F)(F)F)cc3)cccc2[nH]1. The van der Waals surface area contributed by atoms with E-state index in [1.165, 1.54) is 50.9 Å². The zero-order valence-corrected chi connectivity index (χ0v) is 21.5. The first-order valence-electron chi connectivity index (χ1n) is 13.6. The molecule has 0 atom stereocenters. The summed E-state index contributed by atoms with van der Waals surface area (Å²) in [7, 11) is 0. The molecule has 38 heavy (non-hydrogen) atoms. The molecule has 0 bridgehead atoms. The summed E-state index contributed by atoms with van der Waals surface area (Å²) in [5, 5.41) is 4.03. The maximum absolute atomic E-state index is 13.1. The molecule has 2 saturated heterocycles. The molecule has 0 radical (unpaired) electrons. The van der Waals surface area contributed by atoms with Crippen LogP contribution in [0, 0.1) is 0 Å². The fraction of sp³-hybridized carbons (Fsp3) is 0.483. The molecule has 2 aromatic carbocycles. The molecule has 0 spiro atoms. The van der Waals surface area contributed by atoms with E-state index in [2.05, 4.69) is 24.8 Å². The standard InChI is InChI=1S/C29H35F3N4O2/c30-29(31,32)38-23-10-8-21(9-11-23)24-6-5-7-26-25(24)20-27(34-26)28(37)33-22-12-16-36(17-13-22)19-18-35-14-3-1-2-4-15-35/h5-11,20,22,34H,1-4,12-19H2,(H,33,37). The first-order chi connectivity index (χ1) is 18.3. The number of benzene rings is 2. The molecule has 9 heteroatoms. The molecule has 2 N–H and O–H groups in total. The van der Waals surface area contributed by atoms with Crippen LogP contribution in [0.2, 0.25) is 0 Å². The zero-order valence-electron chi connectivity index (χ0n) is 21.5. The second-order valence-electron chi connectivity index (χ2n) is 10.4. The number of H-pyrrole nitrogens is 1. The molecule has 0 saturated carbocycles. The number of amides is 1. The summed E-state index contributed by atoms with van der Waals surface area (Å²) in [4.78, 5) is 21.4. The molecule has 1 aromatic heterocycles. The van der Waals surface area contributed by atoms with E-state index in [4.69, 9.17) is 0 Å². The van der Waals surface area contributed by atoms with Gasteiger partial charge in [-0.25, -0.2) is 0 Å². The largest absolute Gasteiger partial charge is 0.573 e. The van der Waals surface area contributed by atoms with Gasteiger partial charge in [-0.2, -0.15) is 0 Å².